The zero-order valence-electron chi connectivity index (χ0n) is 21.3. The number of carbonyl (C=O) groups is 1. The number of carboxylic acids is 1. The number of aromatic carboxylic acids is 1. The van der Waals surface area contributed by atoms with Gasteiger partial charge in [-0.2, -0.15) is 0 Å². The molecule has 2 aromatic heterocycles. The fourth-order valence-corrected chi connectivity index (χ4v) is 5.22. The summed E-state index contributed by atoms with van der Waals surface area (Å²) >= 11 is 12.4. The number of halogens is 1. The van der Waals surface area contributed by atoms with Gasteiger partial charge < -0.3 is 29.2 Å². The summed E-state index contributed by atoms with van der Waals surface area (Å²) in [6, 6.07) is 19.3. The van der Waals surface area contributed by atoms with Gasteiger partial charge >= 0.3 is 5.97 Å². The lowest BCUT2D eigenvalue weighted by Gasteiger charge is -2.26. The van der Waals surface area contributed by atoms with Gasteiger partial charge in [-0.05, 0) is 79.3 Å². The van der Waals surface area contributed by atoms with Crippen LogP contribution in [0.5, 0.6) is 5.75 Å². The molecule has 0 unspecified atom stereocenters. The van der Waals surface area contributed by atoms with Gasteiger partial charge in [-0.15, -0.1) is 0 Å². The average molecular weight is 564 g/mol. The molecule has 0 amide bonds. The molecule has 0 aliphatic carbocycles. The summed E-state index contributed by atoms with van der Waals surface area (Å²) in [7, 11) is 1.61. The monoisotopic (exact) mass is 563 g/mol. The minimum absolute atomic E-state index is 0.223. The number of hydrogen-bond donors (Lipinski definition) is 2. The molecule has 1 fully saturated rings. The van der Waals surface area contributed by atoms with Crippen LogP contribution in [0.2, 0.25) is 5.02 Å². The van der Waals surface area contributed by atoms with Gasteiger partial charge in [0.15, 0.2) is 5.11 Å². The number of benzene rings is 2. The summed E-state index contributed by atoms with van der Waals surface area (Å²) in [6.07, 6.45) is 1.74. The second-order valence-corrected chi connectivity index (χ2v) is 9.78. The highest BCUT2D eigenvalue weighted by Crippen LogP contribution is 2.44. The topological polar surface area (TPSA) is 97.1 Å². The van der Waals surface area contributed by atoms with Crippen LogP contribution in [0.15, 0.2) is 77.3 Å². The van der Waals surface area contributed by atoms with Gasteiger partial charge in [0, 0.05) is 24.6 Å². The third-order valence-electron chi connectivity index (χ3n) is 6.49. The Labute approximate surface area is 236 Å². The molecule has 0 saturated carbocycles. The van der Waals surface area contributed by atoms with Gasteiger partial charge in [-0.25, -0.2) is 4.79 Å². The summed E-state index contributed by atoms with van der Waals surface area (Å²) in [4.78, 5) is 17.9. The highest BCUT2D eigenvalue weighted by atomic mass is 35.5. The smallest absolute Gasteiger partial charge is 0.335 e. The highest BCUT2D eigenvalue weighted by Gasteiger charge is 2.42. The number of hydrogen-bond acceptors (Lipinski definition) is 6. The summed E-state index contributed by atoms with van der Waals surface area (Å²) in [5, 5.41) is 13.7. The largest absolute Gasteiger partial charge is 0.490 e. The lowest BCUT2D eigenvalue weighted by molar-refractivity contribution is 0.0696. The Balaban J connectivity index is 1.53. The Kier molecular flexibility index (Phi) is 7.83. The van der Waals surface area contributed by atoms with Crippen LogP contribution >= 0.6 is 23.8 Å². The van der Waals surface area contributed by atoms with Crippen molar-refractivity contribution in [1.82, 2.24) is 10.3 Å². The minimum Gasteiger partial charge on any atom is -0.490 e. The Morgan fingerprint density at radius 3 is 2.69 bits per heavy atom. The Morgan fingerprint density at radius 2 is 2.00 bits per heavy atom. The molecular formula is C29H26ClN3O5S. The quantitative estimate of drug-likeness (QED) is 0.182. The number of nitrogens with zero attached hydrogens (tertiary/aromatic N) is 2. The first-order valence-corrected chi connectivity index (χ1v) is 13.0. The summed E-state index contributed by atoms with van der Waals surface area (Å²) in [5.41, 5.74) is 3.39. The molecule has 1 saturated heterocycles. The normalized spacial score (nSPS) is 16.8. The summed E-state index contributed by atoms with van der Waals surface area (Å²) in [6.45, 7) is 2.69. The van der Waals surface area contributed by atoms with Gasteiger partial charge in [-0.1, -0.05) is 23.7 Å². The molecule has 5 rings (SSSR count). The number of nitrogens with one attached hydrogen (secondary N) is 1. The number of thiocarbonyl (C=S) groups is 1. The zero-order chi connectivity index (χ0) is 27.5. The first-order chi connectivity index (χ1) is 18.9. The Morgan fingerprint density at radius 1 is 1.15 bits per heavy atom. The van der Waals surface area contributed by atoms with Crippen LogP contribution in [-0.4, -0.2) is 41.5 Å². The van der Waals surface area contributed by atoms with Crippen LogP contribution in [0, 0.1) is 6.92 Å². The molecule has 2 aromatic carbocycles. The second kappa shape index (κ2) is 11.4. The SMILES string of the molecule is COCCOc1ccc(N2C(=S)N[C@@H](c3ccccn3)[C@H]2c2ccc(-c3ccc(C(=O)O)cc3C)o2)cc1Cl. The maximum atomic E-state index is 11.4. The number of aryl methyl sites for hydroxylation is 1. The molecule has 10 heteroatoms. The van der Waals surface area contributed by atoms with E-state index >= 15 is 0 Å². The number of rotatable bonds is 9. The van der Waals surface area contributed by atoms with E-state index in [0.717, 1.165) is 22.5 Å². The van der Waals surface area contributed by atoms with Gasteiger partial charge in [-0.3, -0.25) is 4.98 Å². The van der Waals surface area contributed by atoms with Crippen LogP contribution in [0.3, 0.4) is 0 Å². The first kappa shape index (κ1) is 26.7. The number of furan rings is 1. The molecule has 1 aliphatic heterocycles. The molecule has 2 atom stereocenters. The Hall–Kier alpha value is -3.92. The van der Waals surface area contributed by atoms with E-state index < -0.39 is 5.97 Å². The predicted octanol–water partition coefficient (Wildman–Crippen LogP) is 6.20. The average Bonchev–Trinajstić information content (AvgIpc) is 3.54. The number of ether oxygens (including phenoxy) is 2. The van der Waals surface area contributed by atoms with Crippen LogP contribution < -0.4 is 15.0 Å². The van der Waals surface area contributed by atoms with Crippen molar-refractivity contribution < 1.29 is 23.8 Å². The van der Waals surface area contributed by atoms with E-state index in [-0.39, 0.29) is 17.6 Å². The molecule has 0 bridgehead atoms. The van der Waals surface area contributed by atoms with E-state index in [9.17, 15) is 9.90 Å². The standard InChI is InChI=1S/C29H26ClN3O5S/c1-17-15-18(28(34)35)6-8-20(17)23-10-11-25(38-23)27-26(22-5-3-4-12-31-22)32-29(39)33(27)19-7-9-24(21(30)16-19)37-14-13-36-2/h3-12,15-16,26-27H,13-14H2,1-2H3,(H,32,39)(H,34,35)/t26-,27+/m0/s1. The highest BCUT2D eigenvalue weighted by molar-refractivity contribution is 7.80. The van der Waals surface area contributed by atoms with Crippen LogP contribution in [0.1, 0.15) is 39.5 Å². The molecule has 1 aliphatic rings. The fraction of sp³-hybridized carbons (Fsp3) is 0.207. The van der Waals surface area contributed by atoms with Gasteiger partial charge in [0.05, 0.1) is 28.9 Å². The molecule has 4 aromatic rings. The van der Waals surface area contributed by atoms with Crippen molar-refractivity contribution >= 4 is 40.6 Å². The van der Waals surface area contributed by atoms with E-state index in [1.165, 1.54) is 0 Å². The van der Waals surface area contributed by atoms with Crippen molar-refractivity contribution in [3.8, 4) is 17.1 Å². The molecule has 0 radical (unpaired) electrons. The number of aromatic nitrogens is 1. The predicted molar refractivity (Wildman–Crippen MR) is 153 cm³/mol. The molecule has 0 spiro atoms. The van der Waals surface area contributed by atoms with Crippen molar-refractivity contribution in [3.05, 3.63) is 101 Å². The van der Waals surface area contributed by atoms with Crippen molar-refractivity contribution in [2.75, 3.05) is 25.2 Å². The lowest BCUT2D eigenvalue weighted by Crippen LogP contribution is -2.29. The maximum Gasteiger partial charge on any atom is 0.335 e. The second-order valence-electron chi connectivity index (χ2n) is 8.99. The molecule has 3 heterocycles. The Bertz CT molecular complexity index is 1510. The number of anilines is 1. The maximum absolute atomic E-state index is 11.4. The van der Waals surface area contributed by atoms with Gasteiger partial charge in [0.1, 0.15) is 29.9 Å². The van der Waals surface area contributed by atoms with E-state index in [0.29, 0.717) is 40.6 Å². The van der Waals surface area contributed by atoms with Crippen LogP contribution in [0.25, 0.3) is 11.3 Å². The summed E-state index contributed by atoms with van der Waals surface area (Å²) in [5.74, 6) is 0.857. The van der Waals surface area contributed by atoms with E-state index in [1.54, 1.807) is 31.5 Å². The van der Waals surface area contributed by atoms with Crippen LogP contribution in [0.4, 0.5) is 5.69 Å². The fourth-order valence-electron chi connectivity index (χ4n) is 4.64. The van der Waals surface area contributed by atoms with E-state index in [2.05, 4.69) is 10.3 Å². The number of pyridine rings is 1. The number of carboxylic acid groups (broad SMARTS) is 1. The summed E-state index contributed by atoms with van der Waals surface area (Å²) < 4.78 is 17.2. The lowest BCUT2D eigenvalue weighted by atomic mass is 10.0. The third kappa shape index (κ3) is 5.47. The van der Waals surface area contributed by atoms with Crippen LogP contribution in [-0.2, 0) is 4.74 Å². The molecule has 2 N–H and O–H groups in total. The number of methoxy groups -OCH3 is 1. The minimum atomic E-state index is -0.974. The van der Waals surface area contributed by atoms with Crippen molar-refractivity contribution in [2.45, 2.75) is 19.0 Å². The molecular weight excluding hydrogens is 538 g/mol. The van der Waals surface area contributed by atoms with E-state index in [1.807, 2.05) is 60.4 Å². The molecule has 8 nitrogen and oxygen atoms in total. The molecule has 200 valence electrons. The molecule has 39 heavy (non-hydrogen) atoms. The van der Waals surface area contributed by atoms with Crippen molar-refractivity contribution in [2.24, 2.45) is 0 Å². The third-order valence-corrected chi connectivity index (χ3v) is 7.10. The van der Waals surface area contributed by atoms with Gasteiger partial charge in [0.25, 0.3) is 0 Å². The zero-order valence-corrected chi connectivity index (χ0v) is 22.8. The van der Waals surface area contributed by atoms with E-state index in [4.69, 9.17) is 37.7 Å². The first-order valence-electron chi connectivity index (χ1n) is 12.2. The van der Waals surface area contributed by atoms with Gasteiger partial charge in [0.2, 0.25) is 0 Å². The van der Waals surface area contributed by atoms with Crippen molar-refractivity contribution in [1.29, 1.82) is 0 Å². The van der Waals surface area contributed by atoms with Crippen molar-refractivity contribution in [3.63, 3.8) is 0 Å².